The zero-order chi connectivity index (χ0) is 45.1. The monoisotopic (exact) mass is 859 g/mol. The number of unbranched alkanes of at least 4 members (excludes halogenated alkanes) is 17. The highest BCUT2D eigenvalue weighted by Crippen LogP contribution is 2.13. The van der Waals surface area contributed by atoms with E-state index >= 15 is 0 Å². The molecule has 62 heavy (non-hydrogen) atoms. The van der Waals surface area contributed by atoms with Gasteiger partial charge in [-0.05, 0) is 103 Å². The number of ether oxygens (including phenoxy) is 3. The Labute approximate surface area is 380 Å². The Kier molecular flexibility index (Phi) is 46.6. The SMILES string of the molecule is CC/C=C\C/C=C\C/C=C\CCCCCCC(=O)OC(COC(=O)CCCCCCC\C=C/C=C\C=C/C=C\CCCCC)COC(=O)CCCCCCC/C=C\C/C=C\CC. The molecule has 0 heterocycles. The fraction of sp³-hybridized carbons (Fsp3) is 0.625. The van der Waals surface area contributed by atoms with Crippen LogP contribution in [0.5, 0.6) is 0 Å². The predicted octanol–water partition coefficient (Wildman–Crippen LogP) is 16.4. The summed E-state index contributed by atoms with van der Waals surface area (Å²) in [6.45, 7) is 6.30. The van der Waals surface area contributed by atoms with Gasteiger partial charge in [-0.1, -0.05) is 194 Å². The Balaban J connectivity index is 4.49. The van der Waals surface area contributed by atoms with Gasteiger partial charge in [-0.2, -0.15) is 0 Å². The van der Waals surface area contributed by atoms with Crippen LogP contribution in [-0.4, -0.2) is 37.2 Å². The van der Waals surface area contributed by atoms with Crippen molar-refractivity contribution < 1.29 is 28.6 Å². The second-order valence-electron chi connectivity index (χ2n) is 16.0. The van der Waals surface area contributed by atoms with Gasteiger partial charge in [0, 0.05) is 19.3 Å². The van der Waals surface area contributed by atoms with Crippen molar-refractivity contribution >= 4 is 17.9 Å². The molecule has 0 fully saturated rings. The van der Waals surface area contributed by atoms with Crippen molar-refractivity contribution in [3.63, 3.8) is 0 Å². The summed E-state index contributed by atoms with van der Waals surface area (Å²) >= 11 is 0. The van der Waals surface area contributed by atoms with Crippen LogP contribution in [0.3, 0.4) is 0 Å². The topological polar surface area (TPSA) is 78.9 Å². The van der Waals surface area contributed by atoms with E-state index in [2.05, 4.69) is 130 Å². The van der Waals surface area contributed by atoms with Gasteiger partial charge in [0.2, 0.25) is 0 Å². The van der Waals surface area contributed by atoms with Crippen LogP contribution in [0.2, 0.25) is 0 Å². The van der Waals surface area contributed by atoms with Crippen LogP contribution in [0.1, 0.15) is 207 Å². The molecule has 0 aliphatic rings. The lowest BCUT2D eigenvalue weighted by molar-refractivity contribution is -0.167. The molecule has 6 heteroatoms. The van der Waals surface area contributed by atoms with E-state index in [-0.39, 0.29) is 37.5 Å². The Bertz CT molecular complexity index is 1310. The smallest absolute Gasteiger partial charge is 0.306 e. The van der Waals surface area contributed by atoms with Gasteiger partial charge in [0.1, 0.15) is 13.2 Å². The van der Waals surface area contributed by atoms with E-state index in [4.69, 9.17) is 14.2 Å². The Morgan fingerprint density at radius 1 is 0.355 bits per heavy atom. The molecule has 0 saturated heterocycles. The molecule has 6 nitrogen and oxygen atoms in total. The van der Waals surface area contributed by atoms with Crippen LogP contribution < -0.4 is 0 Å². The van der Waals surface area contributed by atoms with Gasteiger partial charge in [-0.3, -0.25) is 14.4 Å². The van der Waals surface area contributed by atoms with E-state index in [0.717, 1.165) is 148 Å². The number of rotatable bonds is 43. The van der Waals surface area contributed by atoms with E-state index in [1.54, 1.807) is 0 Å². The van der Waals surface area contributed by atoms with Gasteiger partial charge in [0.25, 0.3) is 0 Å². The number of carbonyl (C=O) groups is 3. The van der Waals surface area contributed by atoms with Crippen molar-refractivity contribution in [1.82, 2.24) is 0 Å². The van der Waals surface area contributed by atoms with Crippen molar-refractivity contribution in [3.8, 4) is 0 Å². The molecule has 0 bridgehead atoms. The normalized spacial score (nSPS) is 13.0. The van der Waals surface area contributed by atoms with Crippen molar-refractivity contribution in [3.05, 3.63) is 109 Å². The highest BCUT2D eigenvalue weighted by Gasteiger charge is 2.19. The quantitative estimate of drug-likeness (QED) is 0.0200. The highest BCUT2D eigenvalue weighted by molar-refractivity contribution is 5.71. The lowest BCUT2D eigenvalue weighted by Crippen LogP contribution is -2.30. The summed E-state index contributed by atoms with van der Waals surface area (Å²) in [5.41, 5.74) is 0. The number of hydrogen-bond acceptors (Lipinski definition) is 6. The first-order valence-corrected chi connectivity index (χ1v) is 24.9. The molecule has 0 saturated carbocycles. The first-order valence-electron chi connectivity index (χ1n) is 24.9. The van der Waals surface area contributed by atoms with Crippen molar-refractivity contribution in [2.24, 2.45) is 0 Å². The molecule has 0 rings (SSSR count). The van der Waals surface area contributed by atoms with E-state index in [1.165, 1.54) is 19.3 Å². The van der Waals surface area contributed by atoms with Crippen molar-refractivity contribution in [2.75, 3.05) is 13.2 Å². The lowest BCUT2D eigenvalue weighted by Gasteiger charge is -2.18. The van der Waals surface area contributed by atoms with E-state index < -0.39 is 6.10 Å². The third-order valence-corrected chi connectivity index (χ3v) is 10.1. The fourth-order valence-corrected chi connectivity index (χ4v) is 6.39. The average Bonchev–Trinajstić information content (AvgIpc) is 3.27. The minimum absolute atomic E-state index is 0.105. The summed E-state index contributed by atoms with van der Waals surface area (Å²) in [4.78, 5) is 37.9. The standard InChI is InChI=1S/C56H90O6/c1-4-7-10-13-16-19-22-25-27-28-29-30-32-34-37-40-43-46-49-55(58)61-52-53(51-60-54(57)48-45-42-39-36-33-24-21-18-15-12-9-6-3)62-56(59)50-47-44-41-38-35-31-26-23-20-17-14-11-8-5-2/h8-9,11-12,16-22,25-31,53H,4-7,10,13-15,23-24,32-52H2,1-3H3/b11-8-,12-9-,19-16-,20-17-,21-18-,25-22-,28-27-,30-29-,31-26-. The number of allylic oxidation sites excluding steroid dienone is 18. The first-order chi connectivity index (χ1) is 30.5. The van der Waals surface area contributed by atoms with Crippen molar-refractivity contribution in [1.29, 1.82) is 0 Å². The van der Waals surface area contributed by atoms with Gasteiger partial charge >= 0.3 is 17.9 Å². The number of carbonyl (C=O) groups excluding carboxylic acids is 3. The summed E-state index contributed by atoms with van der Waals surface area (Å²) in [5, 5.41) is 0. The molecule has 0 N–H and O–H groups in total. The first kappa shape index (κ1) is 58.1. The summed E-state index contributed by atoms with van der Waals surface area (Å²) in [7, 11) is 0. The molecule has 0 aromatic rings. The molecule has 0 amide bonds. The maximum atomic E-state index is 12.8. The van der Waals surface area contributed by atoms with Gasteiger partial charge in [-0.15, -0.1) is 0 Å². The molecule has 0 aliphatic carbocycles. The minimum Gasteiger partial charge on any atom is -0.462 e. The second-order valence-corrected chi connectivity index (χ2v) is 16.0. The minimum atomic E-state index is -0.807. The zero-order valence-corrected chi connectivity index (χ0v) is 39.8. The Morgan fingerprint density at radius 3 is 1.13 bits per heavy atom. The van der Waals surface area contributed by atoms with Crippen LogP contribution >= 0.6 is 0 Å². The molecule has 1 atom stereocenters. The maximum Gasteiger partial charge on any atom is 0.306 e. The van der Waals surface area contributed by atoms with E-state index in [1.807, 2.05) is 0 Å². The summed E-state index contributed by atoms with van der Waals surface area (Å²) in [6.07, 6.45) is 66.4. The largest absolute Gasteiger partial charge is 0.462 e. The predicted molar refractivity (Wildman–Crippen MR) is 265 cm³/mol. The summed E-state index contributed by atoms with van der Waals surface area (Å²) in [5.74, 6) is -0.972. The molecule has 0 spiro atoms. The van der Waals surface area contributed by atoms with Crippen LogP contribution in [0.25, 0.3) is 0 Å². The average molecular weight is 859 g/mol. The van der Waals surface area contributed by atoms with Crippen LogP contribution in [0.15, 0.2) is 109 Å². The van der Waals surface area contributed by atoms with Crippen LogP contribution in [0, 0.1) is 0 Å². The third kappa shape index (κ3) is 47.1. The fourth-order valence-electron chi connectivity index (χ4n) is 6.39. The van der Waals surface area contributed by atoms with Gasteiger partial charge in [0.05, 0.1) is 0 Å². The summed E-state index contributed by atoms with van der Waals surface area (Å²) < 4.78 is 16.7. The Morgan fingerprint density at radius 2 is 0.694 bits per heavy atom. The lowest BCUT2D eigenvalue weighted by atomic mass is 10.1. The molecule has 0 radical (unpaired) electrons. The van der Waals surface area contributed by atoms with Crippen LogP contribution in [-0.2, 0) is 28.6 Å². The third-order valence-electron chi connectivity index (χ3n) is 10.1. The second kappa shape index (κ2) is 49.7. The molecular weight excluding hydrogens is 769 g/mol. The molecule has 0 aliphatic heterocycles. The van der Waals surface area contributed by atoms with E-state index in [0.29, 0.717) is 12.8 Å². The Hall–Kier alpha value is -3.93. The maximum absolute atomic E-state index is 12.8. The van der Waals surface area contributed by atoms with Gasteiger partial charge in [-0.25, -0.2) is 0 Å². The summed E-state index contributed by atoms with van der Waals surface area (Å²) in [6, 6.07) is 0. The number of hydrogen-bond donors (Lipinski definition) is 0. The molecule has 1 unspecified atom stereocenters. The molecule has 0 aromatic carbocycles. The van der Waals surface area contributed by atoms with Gasteiger partial charge < -0.3 is 14.2 Å². The number of esters is 3. The molecule has 0 aromatic heterocycles. The van der Waals surface area contributed by atoms with Gasteiger partial charge in [0.15, 0.2) is 6.10 Å². The van der Waals surface area contributed by atoms with Crippen LogP contribution in [0.4, 0.5) is 0 Å². The van der Waals surface area contributed by atoms with E-state index in [9.17, 15) is 14.4 Å². The highest BCUT2D eigenvalue weighted by atomic mass is 16.6. The molecular formula is C56H90O6. The zero-order valence-electron chi connectivity index (χ0n) is 39.8. The molecule has 350 valence electrons. The van der Waals surface area contributed by atoms with Crippen molar-refractivity contribution in [2.45, 2.75) is 213 Å².